The van der Waals surface area contributed by atoms with Crippen LogP contribution in [0.4, 0.5) is 0 Å². The minimum atomic E-state index is -0.179. The third-order valence-corrected chi connectivity index (χ3v) is 4.17. The van der Waals surface area contributed by atoms with Crippen LogP contribution >= 0.6 is 0 Å². The molecule has 0 saturated carbocycles. The van der Waals surface area contributed by atoms with E-state index in [1.54, 1.807) is 19.3 Å². The van der Waals surface area contributed by atoms with Gasteiger partial charge in [0.15, 0.2) is 0 Å². The van der Waals surface area contributed by atoms with Crippen LogP contribution in [0.5, 0.6) is 5.75 Å². The molecule has 0 bridgehead atoms. The van der Waals surface area contributed by atoms with Gasteiger partial charge in [-0.05, 0) is 23.8 Å². The molecule has 0 aliphatic heterocycles. The Labute approximate surface area is 165 Å². The predicted molar refractivity (Wildman–Crippen MR) is 112 cm³/mol. The maximum Gasteiger partial charge on any atom is 0.244 e. The lowest BCUT2D eigenvalue weighted by Crippen LogP contribution is -2.20. The van der Waals surface area contributed by atoms with Crippen molar-refractivity contribution in [1.29, 1.82) is 0 Å². The molecule has 3 rings (SSSR count). The molecule has 0 atom stereocenters. The summed E-state index contributed by atoms with van der Waals surface area (Å²) >= 11 is 0. The van der Waals surface area contributed by atoms with Crippen molar-refractivity contribution in [2.24, 2.45) is 0 Å². The first kappa shape index (κ1) is 19.2. The fourth-order valence-corrected chi connectivity index (χ4v) is 2.86. The van der Waals surface area contributed by atoms with Gasteiger partial charge >= 0.3 is 0 Å². The van der Waals surface area contributed by atoms with Crippen LogP contribution in [-0.4, -0.2) is 29.3 Å². The lowest BCUT2D eigenvalue weighted by Gasteiger charge is -2.06. The molecule has 1 N–H and O–H groups in total. The molecule has 28 heavy (non-hydrogen) atoms. The first-order chi connectivity index (χ1) is 13.7. The number of amides is 1. The van der Waals surface area contributed by atoms with Gasteiger partial charge in [-0.2, -0.15) is 5.10 Å². The van der Waals surface area contributed by atoms with Crippen molar-refractivity contribution < 1.29 is 9.53 Å². The number of nitrogens with zero attached hydrogens (tertiary/aromatic N) is 2. The summed E-state index contributed by atoms with van der Waals surface area (Å²) in [6.07, 6.45) is 6.86. The van der Waals surface area contributed by atoms with Gasteiger partial charge in [0.25, 0.3) is 0 Å². The number of aromatic nitrogens is 2. The van der Waals surface area contributed by atoms with Crippen molar-refractivity contribution in [2.75, 3.05) is 13.7 Å². The van der Waals surface area contributed by atoms with Crippen LogP contribution in [-0.2, 0) is 11.3 Å². The van der Waals surface area contributed by atoms with E-state index >= 15 is 0 Å². The fourth-order valence-electron chi connectivity index (χ4n) is 2.86. The molecule has 2 aromatic carbocycles. The minimum Gasteiger partial charge on any atom is -0.496 e. The normalized spacial score (nSPS) is 10.8. The SMILES string of the molecule is C=CCNC(=O)/C=C/c1cn(Cc2ccccc2)nc1-c1ccccc1OC. The van der Waals surface area contributed by atoms with Crippen LogP contribution in [0.3, 0.4) is 0 Å². The molecule has 1 aromatic heterocycles. The van der Waals surface area contributed by atoms with E-state index in [0.717, 1.165) is 28.1 Å². The summed E-state index contributed by atoms with van der Waals surface area (Å²) in [7, 11) is 1.64. The Kier molecular flexibility index (Phi) is 6.41. The largest absolute Gasteiger partial charge is 0.496 e. The predicted octanol–water partition coefficient (Wildman–Crippen LogP) is 3.92. The van der Waals surface area contributed by atoms with Gasteiger partial charge in [-0.1, -0.05) is 48.5 Å². The van der Waals surface area contributed by atoms with Gasteiger partial charge in [-0.25, -0.2) is 0 Å². The van der Waals surface area contributed by atoms with Gasteiger partial charge < -0.3 is 10.1 Å². The molecule has 1 heterocycles. The first-order valence-corrected chi connectivity index (χ1v) is 9.03. The Balaban J connectivity index is 1.96. The Hall–Kier alpha value is -3.60. The van der Waals surface area contributed by atoms with E-state index in [9.17, 15) is 4.79 Å². The van der Waals surface area contributed by atoms with Gasteiger partial charge in [-0.3, -0.25) is 9.48 Å². The summed E-state index contributed by atoms with van der Waals surface area (Å²) in [5.74, 6) is 0.555. The van der Waals surface area contributed by atoms with Crippen molar-refractivity contribution in [3.8, 4) is 17.0 Å². The summed E-state index contributed by atoms with van der Waals surface area (Å²) in [5.41, 5.74) is 3.63. The maximum atomic E-state index is 11.9. The standard InChI is InChI=1S/C23H23N3O2/c1-3-15-24-22(27)14-13-19-17-26(16-18-9-5-4-6-10-18)25-23(19)20-11-7-8-12-21(20)28-2/h3-14,17H,1,15-16H2,2H3,(H,24,27)/b14-13+. The van der Waals surface area contributed by atoms with Crippen LogP contribution in [0.1, 0.15) is 11.1 Å². The van der Waals surface area contributed by atoms with Crippen molar-refractivity contribution in [1.82, 2.24) is 15.1 Å². The second-order valence-electron chi connectivity index (χ2n) is 6.18. The fraction of sp³-hybridized carbons (Fsp3) is 0.130. The topological polar surface area (TPSA) is 56.2 Å². The average molecular weight is 373 g/mol. The molecular formula is C23H23N3O2. The van der Waals surface area contributed by atoms with E-state index in [1.165, 1.54) is 6.08 Å². The van der Waals surface area contributed by atoms with Gasteiger partial charge in [-0.15, -0.1) is 6.58 Å². The molecule has 0 aliphatic rings. The number of nitrogens with one attached hydrogen (secondary N) is 1. The van der Waals surface area contributed by atoms with E-state index < -0.39 is 0 Å². The van der Waals surface area contributed by atoms with Gasteiger partial charge in [0.2, 0.25) is 5.91 Å². The number of ether oxygens (including phenoxy) is 1. The maximum absolute atomic E-state index is 11.9. The highest BCUT2D eigenvalue weighted by atomic mass is 16.5. The van der Waals surface area contributed by atoms with Crippen LogP contribution in [0.25, 0.3) is 17.3 Å². The number of hydrogen-bond acceptors (Lipinski definition) is 3. The van der Waals surface area contributed by atoms with Crippen molar-refractivity contribution >= 4 is 12.0 Å². The molecule has 0 unspecified atom stereocenters. The van der Waals surface area contributed by atoms with Crippen LogP contribution in [0.2, 0.25) is 0 Å². The van der Waals surface area contributed by atoms with Gasteiger partial charge in [0.05, 0.1) is 13.7 Å². The summed E-state index contributed by atoms with van der Waals surface area (Å²) in [6.45, 7) is 4.67. The van der Waals surface area contributed by atoms with Crippen LogP contribution < -0.4 is 10.1 Å². The van der Waals surface area contributed by atoms with E-state index in [4.69, 9.17) is 9.84 Å². The molecule has 0 radical (unpaired) electrons. The molecule has 1 amide bonds. The van der Waals surface area contributed by atoms with E-state index in [2.05, 4.69) is 24.0 Å². The number of carbonyl (C=O) groups excluding carboxylic acids is 1. The van der Waals surface area contributed by atoms with E-state index in [0.29, 0.717) is 13.1 Å². The van der Waals surface area contributed by atoms with E-state index in [1.807, 2.05) is 53.3 Å². The Morgan fingerprint density at radius 1 is 1.18 bits per heavy atom. The number of methoxy groups -OCH3 is 1. The molecule has 0 fully saturated rings. The monoisotopic (exact) mass is 373 g/mol. The molecule has 5 heteroatoms. The quantitative estimate of drug-likeness (QED) is 0.481. The van der Waals surface area contributed by atoms with Gasteiger partial charge in [0, 0.05) is 29.9 Å². The number of rotatable bonds is 8. The lowest BCUT2D eigenvalue weighted by molar-refractivity contribution is -0.116. The number of hydrogen-bond donors (Lipinski definition) is 1. The molecule has 0 aliphatic carbocycles. The minimum absolute atomic E-state index is 0.179. The van der Waals surface area contributed by atoms with Crippen molar-refractivity contribution in [2.45, 2.75) is 6.54 Å². The molecule has 142 valence electrons. The highest BCUT2D eigenvalue weighted by Gasteiger charge is 2.14. The Morgan fingerprint density at radius 2 is 1.93 bits per heavy atom. The molecule has 0 spiro atoms. The van der Waals surface area contributed by atoms with Crippen molar-refractivity contribution in [3.05, 3.63) is 90.7 Å². The van der Waals surface area contributed by atoms with Crippen molar-refractivity contribution in [3.63, 3.8) is 0 Å². The summed E-state index contributed by atoms with van der Waals surface area (Å²) in [6, 6.07) is 17.8. The smallest absolute Gasteiger partial charge is 0.244 e. The third kappa shape index (κ3) is 4.76. The van der Waals surface area contributed by atoms with Crippen LogP contribution in [0.15, 0.2) is 79.5 Å². The first-order valence-electron chi connectivity index (χ1n) is 9.03. The summed E-state index contributed by atoms with van der Waals surface area (Å²) < 4.78 is 7.37. The zero-order valence-corrected chi connectivity index (χ0v) is 15.8. The molecular weight excluding hydrogens is 350 g/mol. The molecule has 3 aromatic rings. The lowest BCUT2D eigenvalue weighted by atomic mass is 10.1. The Morgan fingerprint density at radius 3 is 2.68 bits per heavy atom. The van der Waals surface area contributed by atoms with Gasteiger partial charge in [0.1, 0.15) is 11.4 Å². The highest BCUT2D eigenvalue weighted by Crippen LogP contribution is 2.31. The number of benzene rings is 2. The number of carbonyl (C=O) groups is 1. The summed E-state index contributed by atoms with van der Waals surface area (Å²) in [5, 5.41) is 7.50. The van der Waals surface area contributed by atoms with Crippen LogP contribution in [0, 0.1) is 0 Å². The highest BCUT2D eigenvalue weighted by molar-refractivity contribution is 5.93. The molecule has 0 saturated heterocycles. The number of para-hydroxylation sites is 1. The van der Waals surface area contributed by atoms with E-state index in [-0.39, 0.29) is 5.91 Å². The average Bonchev–Trinajstić information content (AvgIpc) is 3.13. The Bertz CT molecular complexity index is 975. The molecule has 5 nitrogen and oxygen atoms in total. The third-order valence-electron chi connectivity index (χ3n) is 4.17. The zero-order valence-electron chi connectivity index (χ0n) is 15.8. The zero-order chi connectivity index (χ0) is 19.8. The second kappa shape index (κ2) is 9.37. The summed E-state index contributed by atoms with van der Waals surface area (Å²) in [4.78, 5) is 11.9. The second-order valence-corrected chi connectivity index (χ2v) is 6.18.